The monoisotopic (exact) mass is 529 g/mol. The van der Waals surface area contributed by atoms with Gasteiger partial charge in [0.05, 0.1) is 41.0 Å². The van der Waals surface area contributed by atoms with Crippen molar-refractivity contribution in [1.82, 2.24) is 15.0 Å². The normalized spacial score (nSPS) is 20.1. The number of carbonyl (C=O) groups is 1. The number of fused-ring (bicyclic) bond motifs is 1. The van der Waals surface area contributed by atoms with Crippen LogP contribution in [0, 0.1) is 5.92 Å². The van der Waals surface area contributed by atoms with Crippen LogP contribution in [0.2, 0.25) is 0 Å². The Bertz CT molecular complexity index is 1420. The summed E-state index contributed by atoms with van der Waals surface area (Å²) < 4.78 is 6.46. The molecule has 0 saturated carbocycles. The van der Waals surface area contributed by atoms with Crippen molar-refractivity contribution in [2.75, 3.05) is 54.5 Å². The van der Waals surface area contributed by atoms with Crippen LogP contribution in [0.5, 0.6) is 0 Å². The maximum absolute atomic E-state index is 13.2. The van der Waals surface area contributed by atoms with E-state index in [0.717, 1.165) is 78.0 Å². The van der Waals surface area contributed by atoms with Gasteiger partial charge in [0.2, 0.25) is 0 Å². The average Bonchev–Trinajstić information content (AvgIpc) is 3.37. The Labute approximate surface area is 225 Å². The fourth-order valence-corrected chi connectivity index (χ4v) is 6.24. The number of anilines is 3. The van der Waals surface area contributed by atoms with Crippen LogP contribution in [-0.2, 0) is 4.74 Å². The van der Waals surface area contributed by atoms with Crippen molar-refractivity contribution in [1.29, 1.82) is 0 Å². The van der Waals surface area contributed by atoms with Gasteiger partial charge in [-0.3, -0.25) is 9.78 Å². The Hall–Kier alpha value is -3.60. The molecule has 2 atom stereocenters. The highest BCUT2D eigenvalue weighted by atomic mass is 32.1. The van der Waals surface area contributed by atoms with E-state index in [4.69, 9.17) is 10.5 Å². The third kappa shape index (κ3) is 5.20. The molecule has 38 heavy (non-hydrogen) atoms. The van der Waals surface area contributed by atoms with Crippen molar-refractivity contribution in [2.45, 2.75) is 19.4 Å². The van der Waals surface area contributed by atoms with Crippen molar-refractivity contribution in [3.8, 4) is 10.4 Å². The van der Waals surface area contributed by atoms with Gasteiger partial charge in [0.15, 0.2) is 0 Å². The highest BCUT2D eigenvalue weighted by molar-refractivity contribution is 7.22. The number of nitrogens with zero attached hydrogens (tertiary/aromatic N) is 5. The van der Waals surface area contributed by atoms with Gasteiger partial charge in [-0.05, 0) is 48.7 Å². The first-order valence-electron chi connectivity index (χ1n) is 13.0. The maximum atomic E-state index is 13.2. The lowest BCUT2D eigenvalue weighted by Crippen LogP contribution is -2.46. The molecule has 0 radical (unpaired) electrons. The van der Waals surface area contributed by atoms with Crippen LogP contribution >= 0.6 is 11.3 Å². The number of piperidine rings is 1. The molecule has 4 aromatic heterocycles. The molecule has 2 aliphatic rings. The Morgan fingerprint density at radius 3 is 2.76 bits per heavy atom. The minimum Gasteiger partial charge on any atom is -0.378 e. The molecule has 0 aliphatic carbocycles. The van der Waals surface area contributed by atoms with E-state index in [-0.39, 0.29) is 11.9 Å². The first-order chi connectivity index (χ1) is 18.5. The van der Waals surface area contributed by atoms with Crippen molar-refractivity contribution in [3.63, 3.8) is 0 Å². The number of aromatic nitrogens is 3. The van der Waals surface area contributed by atoms with Crippen molar-refractivity contribution in [3.05, 3.63) is 60.7 Å². The van der Waals surface area contributed by atoms with Crippen LogP contribution < -0.4 is 20.9 Å². The van der Waals surface area contributed by atoms with Gasteiger partial charge in [0, 0.05) is 55.1 Å². The fourth-order valence-electron chi connectivity index (χ4n) is 5.25. The Morgan fingerprint density at radius 1 is 1.11 bits per heavy atom. The Kier molecular flexibility index (Phi) is 6.92. The largest absolute Gasteiger partial charge is 0.378 e. The molecule has 6 heterocycles. The van der Waals surface area contributed by atoms with E-state index in [1.54, 1.807) is 29.8 Å². The summed E-state index contributed by atoms with van der Waals surface area (Å²) in [5, 5.41) is 3.03. The predicted octanol–water partition coefficient (Wildman–Crippen LogP) is 4.02. The molecular weight excluding hydrogens is 498 g/mol. The maximum Gasteiger partial charge on any atom is 0.274 e. The minimum atomic E-state index is -0.264. The van der Waals surface area contributed by atoms with Crippen LogP contribution in [0.4, 0.5) is 17.2 Å². The second-order valence-electron chi connectivity index (χ2n) is 10.0. The number of thiophene rings is 1. The van der Waals surface area contributed by atoms with Gasteiger partial charge in [0.1, 0.15) is 11.5 Å². The van der Waals surface area contributed by atoms with Gasteiger partial charge in [0.25, 0.3) is 5.91 Å². The summed E-state index contributed by atoms with van der Waals surface area (Å²) in [6, 6.07) is 11.9. The summed E-state index contributed by atoms with van der Waals surface area (Å²) in [6.45, 7) is 7.02. The first-order valence-corrected chi connectivity index (χ1v) is 13.8. The summed E-state index contributed by atoms with van der Waals surface area (Å²) in [5.41, 5.74) is 10.1. The van der Waals surface area contributed by atoms with Gasteiger partial charge in [-0.15, -0.1) is 11.3 Å². The van der Waals surface area contributed by atoms with E-state index in [2.05, 4.69) is 49.1 Å². The molecule has 1 amide bonds. The molecule has 0 unspecified atom stereocenters. The number of rotatable bonds is 5. The molecule has 0 aromatic carbocycles. The standard InChI is InChI=1S/C28H31N7O2S/c1-18-12-20(29)17-35(16-18)24-6-7-30-15-23(24)33-28(36)21-3-4-25-22(32-21)13-26(38-25)19-2-5-27(31-14-19)34-8-10-37-11-9-34/h2-7,13-15,18,20H,8-12,16-17,29H2,1H3,(H,33,36)/t18-,20+/m1/s1. The first kappa shape index (κ1) is 24.7. The minimum absolute atomic E-state index is 0.109. The summed E-state index contributed by atoms with van der Waals surface area (Å²) in [7, 11) is 0. The lowest BCUT2D eigenvalue weighted by molar-refractivity contribution is 0.102. The van der Waals surface area contributed by atoms with Crippen LogP contribution in [0.1, 0.15) is 23.8 Å². The fraction of sp³-hybridized carbons (Fsp3) is 0.357. The van der Waals surface area contributed by atoms with E-state index in [0.29, 0.717) is 17.3 Å². The summed E-state index contributed by atoms with van der Waals surface area (Å²) in [5.74, 6) is 1.18. The van der Waals surface area contributed by atoms with Gasteiger partial charge in [-0.1, -0.05) is 6.92 Å². The van der Waals surface area contributed by atoms with Crippen molar-refractivity contribution in [2.24, 2.45) is 11.7 Å². The second kappa shape index (κ2) is 10.6. The molecule has 0 spiro atoms. The number of ether oxygens (including phenoxy) is 1. The zero-order valence-corrected chi connectivity index (χ0v) is 22.2. The molecule has 2 fully saturated rings. The van der Waals surface area contributed by atoms with Crippen molar-refractivity contribution < 1.29 is 9.53 Å². The molecule has 6 rings (SSSR count). The van der Waals surface area contributed by atoms with Gasteiger partial charge >= 0.3 is 0 Å². The number of carbonyl (C=O) groups excluding carboxylic acids is 1. The van der Waals surface area contributed by atoms with Crippen LogP contribution in [0.25, 0.3) is 20.7 Å². The van der Waals surface area contributed by atoms with Gasteiger partial charge in [-0.25, -0.2) is 9.97 Å². The van der Waals surface area contributed by atoms with E-state index < -0.39 is 0 Å². The molecule has 196 valence electrons. The zero-order valence-electron chi connectivity index (χ0n) is 21.3. The number of hydrogen-bond donors (Lipinski definition) is 2. The number of pyridine rings is 3. The topological polar surface area (TPSA) is 110 Å². The third-order valence-corrected chi connectivity index (χ3v) is 8.19. The average molecular weight is 530 g/mol. The van der Waals surface area contributed by atoms with Gasteiger partial charge in [-0.2, -0.15) is 0 Å². The Morgan fingerprint density at radius 2 is 1.97 bits per heavy atom. The highest BCUT2D eigenvalue weighted by Crippen LogP contribution is 2.34. The molecule has 2 saturated heterocycles. The zero-order chi connectivity index (χ0) is 26.1. The second-order valence-corrected chi connectivity index (χ2v) is 11.1. The van der Waals surface area contributed by atoms with Crippen molar-refractivity contribution >= 4 is 44.7 Å². The Balaban J connectivity index is 1.20. The smallest absolute Gasteiger partial charge is 0.274 e. The van der Waals surface area contributed by atoms with E-state index in [1.165, 1.54) is 0 Å². The van der Waals surface area contributed by atoms with Crippen LogP contribution in [-0.4, -0.2) is 66.3 Å². The lowest BCUT2D eigenvalue weighted by Gasteiger charge is -2.37. The molecule has 2 aliphatic heterocycles. The van der Waals surface area contributed by atoms with Gasteiger partial charge < -0.3 is 25.6 Å². The summed E-state index contributed by atoms with van der Waals surface area (Å²) >= 11 is 1.64. The molecule has 3 N–H and O–H groups in total. The summed E-state index contributed by atoms with van der Waals surface area (Å²) in [6.07, 6.45) is 6.34. The molecular formula is C28H31N7O2S. The highest BCUT2D eigenvalue weighted by Gasteiger charge is 2.25. The summed E-state index contributed by atoms with van der Waals surface area (Å²) in [4.78, 5) is 32.3. The molecule has 4 aromatic rings. The SMILES string of the molecule is C[C@@H]1C[C@H](N)CN(c2ccncc2NC(=O)c2ccc3sc(-c4ccc(N5CCOCC5)nc4)cc3n2)C1. The molecule has 0 bridgehead atoms. The van der Waals surface area contributed by atoms with E-state index in [1.807, 2.05) is 24.4 Å². The predicted molar refractivity (Wildman–Crippen MR) is 152 cm³/mol. The number of morpholine rings is 1. The number of hydrogen-bond acceptors (Lipinski definition) is 9. The third-order valence-electron chi connectivity index (χ3n) is 7.05. The quantitative estimate of drug-likeness (QED) is 0.399. The molecule has 9 nitrogen and oxygen atoms in total. The van der Waals surface area contributed by atoms with E-state index >= 15 is 0 Å². The van der Waals surface area contributed by atoms with Crippen LogP contribution in [0.15, 0.2) is 55.0 Å². The number of nitrogens with two attached hydrogens (primary N) is 1. The number of nitrogens with one attached hydrogen (secondary N) is 1. The number of amides is 1. The van der Waals surface area contributed by atoms with E-state index in [9.17, 15) is 4.79 Å². The van der Waals surface area contributed by atoms with Crippen LogP contribution in [0.3, 0.4) is 0 Å². The molecule has 10 heteroatoms. The lowest BCUT2D eigenvalue weighted by atomic mass is 9.96.